The van der Waals surface area contributed by atoms with Crippen LogP contribution in [0.1, 0.15) is 66.6 Å². The van der Waals surface area contributed by atoms with Gasteiger partial charge in [0.05, 0.1) is 16.6 Å². The summed E-state index contributed by atoms with van der Waals surface area (Å²) in [5, 5.41) is 3.94. The zero-order valence-corrected chi connectivity index (χ0v) is 17.5. The lowest BCUT2D eigenvalue weighted by atomic mass is 9.84. The largest absolute Gasteiger partial charge is 0.367 e. The maximum Gasteiger partial charge on any atom is 0.248 e. The Bertz CT molecular complexity index is 1150. The van der Waals surface area contributed by atoms with Crippen LogP contribution in [-0.4, -0.2) is 37.7 Å². The lowest BCUT2D eigenvalue weighted by Gasteiger charge is -2.28. The van der Waals surface area contributed by atoms with Gasteiger partial charge in [-0.15, -0.1) is 0 Å². The molecule has 2 N–H and O–H groups in total. The van der Waals surface area contributed by atoms with E-state index in [1.807, 2.05) is 0 Å². The van der Waals surface area contributed by atoms with E-state index in [9.17, 15) is 18.0 Å². The van der Waals surface area contributed by atoms with Crippen molar-refractivity contribution in [1.29, 1.82) is 0 Å². The molecule has 0 amide bonds. The van der Waals surface area contributed by atoms with E-state index in [1.54, 1.807) is 6.20 Å². The second-order valence-electron chi connectivity index (χ2n) is 8.91. The number of fused-ring (bicyclic) bond motifs is 1. The normalized spacial score (nSPS) is 19.1. The number of hydrogen-bond donors (Lipinski definition) is 2. The maximum atomic E-state index is 14.8. The summed E-state index contributed by atoms with van der Waals surface area (Å²) in [6.07, 6.45) is 8.26. The Morgan fingerprint density at radius 2 is 1.94 bits per heavy atom. The van der Waals surface area contributed by atoms with Gasteiger partial charge in [0.2, 0.25) is 5.92 Å². The first kappa shape index (κ1) is 20.9. The molecule has 3 aromatic rings. The van der Waals surface area contributed by atoms with Crippen LogP contribution in [0.15, 0.2) is 24.8 Å². The second-order valence-corrected chi connectivity index (χ2v) is 8.91. The Kier molecular flexibility index (Phi) is 5.35. The summed E-state index contributed by atoms with van der Waals surface area (Å²) >= 11 is 0. The minimum atomic E-state index is -2.62. The zero-order valence-electron chi connectivity index (χ0n) is 17.5. The van der Waals surface area contributed by atoms with Gasteiger partial charge in [0, 0.05) is 36.8 Å². The van der Waals surface area contributed by atoms with Crippen LogP contribution >= 0.6 is 0 Å². The van der Waals surface area contributed by atoms with Gasteiger partial charge < -0.3 is 10.3 Å². The highest BCUT2D eigenvalue weighted by Crippen LogP contribution is 2.37. The molecule has 0 bridgehead atoms. The Morgan fingerprint density at radius 3 is 2.62 bits per heavy atom. The van der Waals surface area contributed by atoms with E-state index < -0.39 is 11.7 Å². The van der Waals surface area contributed by atoms with E-state index in [4.69, 9.17) is 0 Å². The third-order valence-electron chi connectivity index (χ3n) is 6.66. The summed E-state index contributed by atoms with van der Waals surface area (Å²) in [5.41, 5.74) is 1.22. The summed E-state index contributed by atoms with van der Waals surface area (Å²) in [6.45, 7) is 0. The summed E-state index contributed by atoms with van der Waals surface area (Å²) in [7, 11) is 0. The number of ketones is 1. The van der Waals surface area contributed by atoms with Crippen molar-refractivity contribution in [2.24, 2.45) is 5.92 Å². The van der Waals surface area contributed by atoms with E-state index in [1.165, 1.54) is 18.6 Å². The van der Waals surface area contributed by atoms with E-state index in [-0.39, 0.29) is 35.8 Å². The number of aromatic nitrogens is 4. The van der Waals surface area contributed by atoms with Crippen molar-refractivity contribution >= 4 is 22.6 Å². The number of nitrogens with one attached hydrogen (secondary N) is 2. The molecule has 3 heterocycles. The molecular weight excluding hydrogens is 419 g/mol. The number of halogens is 3. The average Bonchev–Trinajstić information content (AvgIpc) is 3.18. The fourth-order valence-electron chi connectivity index (χ4n) is 4.47. The molecule has 5 rings (SSSR count). The number of anilines is 1. The maximum absolute atomic E-state index is 14.8. The molecule has 0 aliphatic heterocycles. The summed E-state index contributed by atoms with van der Waals surface area (Å²) < 4.78 is 41.5. The molecule has 32 heavy (non-hydrogen) atoms. The SMILES string of the molecule is O=C(c1cnc(CC2CCC(F)(F)CC2)c(F)c1)c1c[nH]c2ncnc(NC3CCC3)c12. The fraction of sp³-hybridized carbons (Fsp3) is 0.478. The summed E-state index contributed by atoms with van der Waals surface area (Å²) in [6, 6.07) is 1.51. The minimum absolute atomic E-state index is 0.0240. The van der Waals surface area contributed by atoms with E-state index >= 15 is 0 Å². The number of H-pyrrole nitrogens is 1. The Labute approximate surface area is 183 Å². The third-order valence-corrected chi connectivity index (χ3v) is 6.66. The van der Waals surface area contributed by atoms with Crippen molar-refractivity contribution in [1.82, 2.24) is 19.9 Å². The number of carbonyl (C=O) groups is 1. The highest BCUT2D eigenvalue weighted by Gasteiger charge is 2.35. The first-order valence-corrected chi connectivity index (χ1v) is 11.1. The molecule has 2 aliphatic carbocycles. The van der Waals surface area contributed by atoms with Gasteiger partial charge in [-0.25, -0.2) is 23.1 Å². The van der Waals surface area contributed by atoms with E-state index in [0.29, 0.717) is 47.7 Å². The monoisotopic (exact) mass is 443 g/mol. The molecule has 168 valence electrons. The lowest BCUT2D eigenvalue weighted by Crippen LogP contribution is -2.27. The van der Waals surface area contributed by atoms with Crippen LogP contribution in [0.3, 0.4) is 0 Å². The van der Waals surface area contributed by atoms with E-state index in [2.05, 4.69) is 25.3 Å². The van der Waals surface area contributed by atoms with Gasteiger partial charge in [-0.1, -0.05) is 0 Å². The highest BCUT2D eigenvalue weighted by molar-refractivity contribution is 6.17. The Morgan fingerprint density at radius 1 is 1.16 bits per heavy atom. The topological polar surface area (TPSA) is 83.6 Å². The third kappa shape index (κ3) is 4.08. The van der Waals surface area contributed by atoms with Crippen LogP contribution < -0.4 is 5.32 Å². The van der Waals surface area contributed by atoms with Crippen molar-refractivity contribution in [3.63, 3.8) is 0 Å². The van der Waals surface area contributed by atoms with Crippen molar-refractivity contribution in [2.75, 3.05) is 5.32 Å². The molecule has 2 fully saturated rings. The fourth-order valence-corrected chi connectivity index (χ4v) is 4.47. The van der Waals surface area contributed by atoms with Crippen LogP contribution in [0.5, 0.6) is 0 Å². The van der Waals surface area contributed by atoms with E-state index in [0.717, 1.165) is 19.3 Å². The predicted octanol–water partition coefficient (Wildman–Crippen LogP) is 5.06. The lowest BCUT2D eigenvalue weighted by molar-refractivity contribution is -0.0457. The predicted molar refractivity (Wildman–Crippen MR) is 113 cm³/mol. The number of aromatic amines is 1. The molecule has 0 radical (unpaired) electrons. The van der Waals surface area contributed by atoms with Crippen LogP contribution in [0.2, 0.25) is 0 Å². The first-order valence-electron chi connectivity index (χ1n) is 11.1. The molecular formula is C23H24F3N5O. The number of nitrogens with zero attached hydrogens (tertiary/aromatic N) is 3. The highest BCUT2D eigenvalue weighted by atomic mass is 19.3. The molecule has 0 aromatic carbocycles. The van der Waals surface area contributed by atoms with Crippen LogP contribution in [0, 0.1) is 11.7 Å². The van der Waals surface area contributed by atoms with Crippen LogP contribution in [0.25, 0.3) is 11.0 Å². The van der Waals surface area contributed by atoms with Crippen molar-refractivity contribution in [2.45, 2.75) is 63.3 Å². The Balaban J connectivity index is 1.37. The van der Waals surface area contributed by atoms with Gasteiger partial charge in [0.1, 0.15) is 23.6 Å². The van der Waals surface area contributed by atoms with Gasteiger partial charge in [-0.2, -0.15) is 0 Å². The molecule has 0 saturated heterocycles. The van der Waals surface area contributed by atoms with Crippen molar-refractivity contribution in [3.05, 3.63) is 47.4 Å². The molecule has 0 atom stereocenters. The van der Waals surface area contributed by atoms with Gasteiger partial charge in [0.15, 0.2) is 5.78 Å². The quantitative estimate of drug-likeness (QED) is 0.521. The minimum Gasteiger partial charge on any atom is -0.367 e. The van der Waals surface area contributed by atoms with Gasteiger partial charge in [-0.05, 0) is 50.5 Å². The van der Waals surface area contributed by atoms with Gasteiger partial charge in [-0.3, -0.25) is 9.78 Å². The smallest absolute Gasteiger partial charge is 0.248 e. The van der Waals surface area contributed by atoms with Crippen molar-refractivity contribution in [3.8, 4) is 0 Å². The zero-order chi connectivity index (χ0) is 22.3. The average molecular weight is 443 g/mol. The van der Waals surface area contributed by atoms with Gasteiger partial charge >= 0.3 is 0 Å². The molecule has 0 spiro atoms. The summed E-state index contributed by atoms with van der Waals surface area (Å²) in [4.78, 5) is 28.8. The number of alkyl halides is 2. The number of rotatable bonds is 6. The van der Waals surface area contributed by atoms with Gasteiger partial charge in [0.25, 0.3) is 0 Å². The van der Waals surface area contributed by atoms with Crippen molar-refractivity contribution < 1.29 is 18.0 Å². The summed E-state index contributed by atoms with van der Waals surface area (Å²) in [5.74, 6) is -3.02. The molecule has 9 heteroatoms. The standard InChI is InChI=1S/C23H24F3N5O/c24-17-9-14(10-27-18(17)8-13-4-6-23(25,26)7-5-13)20(32)16-11-28-21-19(16)22(30-12-29-21)31-15-2-1-3-15/h9-13,15H,1-8H2,(H2,28,29,30,31). The molecule has 0 unspecified atom stereocenters. The molecule has 2 aliphatic rings. The Hall–Kier alpha value is -2.97. The number of pyridine rings is 1. The molecule has 3 aromatic heterocycles. The number of carbonyl (C=O) groups excluding carboxylic acids is 1. The molecule has 2 saturated carbocycles. The second kappa shape index (κ2) is 8.18. The van der Waals surface area contributed by atoms with Crippen LogP contribution in [0.4, 0.5) is 19.0 Å². The van der Waals surface area contributed by atoms with Crippen LogP contribution in [-0.2, 0) is 6.42 Å². The molecule has 6 nitrogen and oxygen atoms in total. The first-order chi connectivity index (χ1) is 15.4. The number of hydrogen-bond acceptors (Lipinski definition) is 5.